The van der Waals surface area contributed by atoms with Crippen molar-refractivity contribution in [3.8, 4) is 0 Å². The standard InChI is InChI=1S/C21H30N4O5/c1-21(2,3)30-20(27)16-8-10-23(11-9-16)24-14-12-22(13-15-24)19(26)17-6-4-5-7-18(17)25(28)29/h4-7,16H,8-15H2,1-3H3. The van der Waals surface area contributed by atoms with E-state index in [0.717, 1.165) is 25.9 Å². The molecule has 1 aromatic carbocycles. The van der Waals surface area contributed by atoms with Crippen molar-refractivity contribution in [3.63, 3.8) is 0 Å². The number of nitro benzene ring substituents is 1. The Kier molecular flexibility index (Phi) is 6.72. The van der Waals surface area contributed by atoms with Crippen molar-refractivity contribution in [3.05, 3.63) is 39.9 Å². The van der Waals surface area contributed by atoms with Crippen LogP contribution in [-0.2, 0) is 9.53 Å². The summed E-state index contributed by atoms with van der Waals surface area (Å²) in [6, 6.07) is 6.08. The van der Waals surface area contributed by atoms with Crippen LogP contribution in [0.15, 0.2) is 24.3 Å². The van der Waals surface area contributed by atoms with E-state index in [0.29, 0.717) is 26.2 Å². The maximum Gasteiger partial charge on any atom is 0.309 e. The van der Waals surface area contributed by atoms with Crippen LogP contribution in [0.1, 0.15) is 44.0 Å². The number of nitrogens with zero attached hydrogens (tertiary/aromatic N) is 4. The first kappa shape index (κ1) is 22.2. The van der Waals surface area contributed by atoms with Crippen molar-refractivity contribution < 1.29 is 19.2 Å². The molecule has 0 aromatic heterocycles. The normalized spacial score (nSPS) is 19.5. The van der Waals surface area contributed by atoms with Gasteiger partial charge in [0.25, 0.3) is 11.6 Å². The Balaban J connectivity index is 1.50. The molecule has 0 unspecified atom stereocenters. The molecule has 0 atom stereocenters. The molecule has 0 bridgehead atoms. The molecule has 2 aliphatic heterocycles. The monoisotopic (exact) mass is 418 g/mol. The molecular formula is C21H30N4O5. The second-order valence-electron chi connectivity index (χ2n) is 8.78. The highest BCUT2D eigenvalue weighted by molar-refractivity contribution is 5.98. The van der Waals surface area contributed by atoms with Gasteiger partial charge in [0.2, 0.25) is 0 Å². The first-order valence-electron chi connectivity index (χ1n) is 10.4. The lowest BCUT2D eigenvalue weighted by molar-refractivity contribution is -0.385. The van der Waals surface area contributed by atoms with E-state index in [-0.39, 0.29) is 29.0 Å². The van der Waals surface area contributed by atoms with Crippen LogP contribution in [0.3, 0.4) is 0 Å². The highest BCUT2D eigenvalue weighted by Gasteiger charge is 2.33. The molecular weight excluding hydrogens is 388 g/mol. The van der Waals surface area contributed by atoms with Gasteiger partial charge in [0.05, 0.1) is 10.8 Å². The average Bonchev–Trinajstić information content (AvgIpc) is 2.72. The number of nitro groups is 1. The summed E-state index contributed by atoms with van der Waals surface area (Å²) in [6.45, 7) is 9.56. The number of ether oxygens (including phenoxy) is 1. The smallest absolute Gasteiger partial charge is 0.309 e. The molecule has 3 rings (SSSR count). The maximum atomic E-state index is 12.8. The summed E-state index contributed by atoms with van der Waals surface area (Å²) in [6.07, 6.45) is 1.51. The molecule has 2 saturated heterocycles. The van der Waals surface area contributed by atoms with E-state index < -0.39 is 10.5 Å². The minimum Gasteiger partial charge on any atom is -0.460 e. The second-order valence-corrected chi connectivity index (χ2v) is 8.78. The van der Waals surface area contributed by atoms with Crippen molar-refractivity contribution in [2.24, 2.45) is 5.92 Å². The van der Waals surface area contributed by atoms with Gasteiger partial charge in [0.15, 0.2) is 0 Å². The summed E-state index contributed by atoms with van der Waals surface area (Å²) in [5.74, 6) is -0.491. The Morgan fingerprint density at radius 2 is 1.57 bits per heavy atom. The number of carbonyl (C=O) groups is 2. The van der Waals surface area contributed by atoms with E-state index in [2.05, 4.69) is 10.0 Å². The summed E-state index contributed by atoms with van der Waals surface area (Å²) < 4.78 is 5.50. The Morgan fingerprint density at radius 1 is 1.00 bits per heavy atom. The van der Waals surface area contributed by atoms with Crippen LogP contribution in [0, 0.1) is 16.0 Å². The molecule has 9 heteroatoms. The van der Waals surface area contributed by atoms with Crippen LogP contribution in [0.25, 0.3) is 0 Å². The van der Waals surface area contributed by atoms with Gasteiger partial charge in [0.1, 0.15) is 11.2 Å². The molecule has 0 spiro atoms. The van der Waals surface area contributed by atoms with E-state index >= 15 is 0 Å². The van der Waals surface area contributed by atoms with Crippen molar-refractivity contribution >= 4 is 17.6 Å². The molecule has 0 aliphatic carbocycles. The molecule has 1 amide bonds. The highest BCUT2D eigenvalue weighted by atomic mass is 16.6. The lowest BCUT2D eigenvalue weighted by atomic mass is 9.97. The minimum absolute atomic E-state index is 0.0676. The van der Waals surface area contributed by atoms with Crippen LogP contribution >= 0.6 is 0 Å². The van der Waals surface area contributed by atoms with Crippen molar-refractivity contribution in [1.29, 1.82) is 0 Å². The van der Waals surface area contributed by atoms with E-state index in [1.54, 1.807) is 17.0 Å². The second kappa shape index (κ2) is 9.09. The molecule has 1 aromatic rings. The number of para-hydroxylation sites is 1. The third-order valence-corrected chi connectivity index (χ3v) is 5.49. The maximum absolute atomic E-state index is 12.8. The average molecular weight is 418 g/mol. The molecule has 0 N–H and O–H groups in total. The van der Waals surface area contributed by atoms with Crippen molar-refractivity contribution in [1.82, 2.24) is 14.9 Å². The van der Waals surface area contributed by atoms with Crippen molar-refractivity contribution in [2.45, 2.75) is 39.2 Å². The van der Waals surface area contributed by atoms with Crippen LogP contribution in [-0.4, -0.2) is 76.6 Å². The predicted molar refractivity (Wildman–Crippen MR) is 111 cm³/mol. The Hall–Kier alpha value is -2.52. The number of esters is 1. The van der Waals surface area contributed by atoms with Gasteiger partial charge in [-0.3, -0.25) is 19.7 Å². The molecule has 2 fully saturated rings. The van der Waals surface area contributed by atoms with E-state index in [1.165, 1.54) is 12.1 Å². The number of hydrazine groups is 1. The zero-order valence-corrected chi connectivity index (χ0v) is 17.9. The zero-order valence-electron chi connectivity index (χ0n) is 17.9. The number of rotatable bonds is 4. The fourth-order valence-corrected chi connectivity index (χ4v) is 3.94. The number of amides is 1. The first-order valence-corrected chi connectivity index (χ1v) is 10.4. The summed E-state index contributed by atoms with van der Waals surface area (Å²) in [4.78, 5) is 37.4. The lowest BCUT2D eigenvalue weighted by Crippen LogP contribution is -2.57. The zero-order chi connectivity index (χ0) is 21.9. The van der Waals surface area contributed by atoms with Gasteiger partial charge in [-0.15, -0.1) is 0 Å². The lowest BCUT2D eigenvalue weighted by Gasteiger charge is -2.43. The molecule has 2 heterocycles. The fraction of sp³-hybridized carbons (Fsp3) is 0.619. The Morgan fingerprint density at radius 3 is 2.13 bits per heavy atom. The largest absolute Gasteiger partial charge is 0.460 e. The van der Waals surface area contributed by atoms with Crippen molar-refractivity contribution in [2.75, 3.05) is 39.3 Å². The van der Waals surface area contributed by atoms with Gasteiger partial charge >= 0.3 is 5.97 Å². The Bertz CT molecular complexity index is 791. The van der Waals surface area contributed by atoms with Crippen LogP contribution in [0.5, 0.6) is 0 Å². The van der Waals surface area contributed by atoms with Gasteiger partial charge in [0, 0.05) is 45.3 Å². The molecule has 164 valence electrons. The van der Waals surface area contributed by atoms with Gasteiger partial charge in [-0.1, -0.05) is 12.1 Å². The minimum atomic E-state index is -0.516. The summed E-state index contributed by atoms with van der Waals surface area (Å²) >= 11 is 0. The van der Waals surface area contributed by atoms with Gasteiger partial charge in [-0.2, -0.15) is 0 Å². The van der Waals surface area contributed by atoms with E-state index in [4.69, 9.17) is 4.74 Å². The van der Waals surface area contributed by atoms with Gasteiger partial charge in [-0.05, 0) is 39.7 Å². The van der Waals surface area contributed by atoms with Crippen LogP contribution < -0.4 is 0 Å². The number of carbonyl (C=O) groups excluding carboxylic acids is 2. The quantitative estimate of drug-likeness (QED) is 0.421. The van der Waals surface area contributed by atoms with E-state index in [9.17, 15) is 19.7 Å². The van der Waals surface area contributed by atoms with Crippen LogP contribution in [0.2, 0.25) is 0 Å². The Labute approximate surface area is 176 Å². The fourth-order valence-electron chi connectivity index (χ4n) is 3.94. The SMILES string of the molecule is CC(C)(C)OC(=O)C1CCN(N2CCN(C(=O)c3ccccc3[N+](=O)[O-])CC2)CC1. The van der Waals surface area contributed by atoms with Gasteiger partial charge < -0.3 is 9.64 Å². The van der Waals surface area contributed by atoms with E-state index in [1.807, 2.05) is 20.8 Å². The third kappa shape index (κ3) is 5.34. The first-order chi connectivity index (χ1) is 14.2. The molecule has 0 radical (unpaired) electrons. The number of piperidine rings is 1. The molecule has 2 aliphatic rings. The number of benzene rings is 1. The highest BCUT2D eigenvalue weighted by Crippen LogP contribution is 2.24. The summed E-state index contributed by atoms with van der Waals surface area (Å²) in [5, 5.41) is 15.7. The number of hydrogen-bond acceptors (Lipinski definition) is 7. The summed E-state index contributed by atoms with van der Waals surface area (Å²) in [5.41, 5.74) is -0.492. The third-order valence-electron chi connectivity index (χ3n) is 5.49. The predicted octanol–water partition coefficient (Wildman–Crippen LogP) is 2.32. The summed E-state index contributed by atoms with van der Waals surface area (Å²) in [7, 11) is 0. The molecule has 9 nitrogen and oxygen atoms in total. The molecule has 0 saturated carbocycles. The van der Waals surface area contributed by atoms with Gasteiger partial charge in [-0.25, -0.2) is 10.0 Å². The number of hydrogen-bond donors (Lipinski definition) is 0. The number of piperazine rings is 1. The topological polar surface area (TPSA) is 96.2 Å². The molecule has 30 heavy (non-hydrogen) atoms. The van der Waals surface area contributed by atoms with Crippen LogP contribution in [0.4, 0.5) is 5.69 Å².